The summed E-state index contributed by atoms with van der Waals surface area (Å²) < 4.78 is 6.84. The molecule has 110 valence electrons. The lowest BCUT2D eigenvalue weighted by atomic mass is 9.83. The zero-order chi connectivity index (χ0) is 14.6. The third-order valence-electron chi connectivity index (χ3n) is 5.34. The lowest BCUT2D eigenvalue weighted by molar-refractivity contribution is 0.0875. The van der Waals surface area contributed by atoms with Crippen molar-refractivity contribution >= 4 is 16.9 Å². The molecule has 0 amide bonds. The standard InChI is InChI=1S/C17H19NO3/c1-2-18-14-6-5-12(9-15(14)21-17(18)20)16(19)13-8-10-3-4-11(13)7-10/h5-6,9-11,13H,2-4,7-8H2,1H3. The topological polar surface area (TPSA) is 52.2 Å². The van der Waals surface area contributed by atoms with Crippen LogP contribution in [0.25, 0.3) is 11.1 Å². The molecular formula is C17H19NO3. The highest BCUT2D eigenvalue weighted by Crippen LogP contribution is 2.49. The van der Waals surface area contributed by atoms with Gasteiger partial charge in [0.15, 0.2) is 11.4 Å². The first kappa shape index (κ1) is 12.9. The van der Waals surface area contributed by atoms with Gasteiger partial charge in [-0.15, -0.1) is 0 Å². The van der Waals surface area contributed by atoms with E-state index in [0.29, 0.717) is 23.6 Å². The molecule has 4 nitrogen and oxygen atoms in total. The molecule has 4 heteroatoms. The number of fused-ring (bicyclic) bond motifs is 3. The van der Waals surface area contributed by atoms with E-state index in [1.165, 1.54) is 19.3 Å². The van der Waals surface area contributed by atoms with E-state index in [0.717, 1.165) is 17.9 Å². The minimum Gasteiger partial charge on any atom is -0.408 e. The van der Waals surface area contributed by atoms with E-state index >= 15 is 0 Å². The predicted octanol–water partition coefficient (Wildman–Crippen LogP) is 3.23. The maximum Gasteiger partial charge on any atom is 0.419 e. The Morgan fingerprint density at radius 3 is 2.86 bits per heavy atom. The van der Waals surface area contributed by atoms with E-state index in [2.05, 4.69) is 0 Å². The molecule has 4 rings (SSSR count). The second kappa shape index (κ2) is 4.58. The Morgan fingerprint density at radius 2 is 2.19 bits per heavy atom. The summed E-state index contributed by atoms with van der Waals surface area (Å²) in [6.07, 6.45) is 4.76. The van der Waals surface area contributed by atoms with E-state index < -0.39 is 0 Å². The van der Waals surface area contributed by atoms with Gasteiger partial charge in [-0.25, -0.2) is 4.79 Å². The summed E-state index contributed by atoms with van der Waals surface area (Å²) in [5, 5.41) is 0. The minimum absolute atomic E-state index is 0.182. The minimum atomic E-state index is -0.350. The molecule has 2 aliphatic carbocycles. The summed E-state index contributed by atoms with van der Waals surface area (Å²) in [7, 11) is 0. The molecule has 3 atom stereocenters. The number of Topliss-reactive ketones (excluding diaryl/α,β-unsaturated/α-hetero) is 1. The van der Waals surface area contributed by atoms with Gasteiger partial charge in [-0.3, -0.25) is 9.36 Å². The number of benzene rings is 1. The lowest BCUT2D eigenvalue weighted by Crippen LogP contribution is -2.21. The van der Waals surface area contributed by atoms with Crippen LogP contribution in [0.1, 0.15) is 43.0 Å². The molecule has 0 N–H and O–H groups in total. The third kappa shape index (κ3) is 1.88. The van der Waals surface area contributed by atoms with Gasteiger partial charge in [0.25, 0.3) is 0 Å². The first-order valence-corrected chi connectivity index (χ1v) is 7.85. The van der Waals surface area contributed by atoms with Crippen LogP contribution in [0.4, 0.5) is 0 Å². The zero-order valence-corrected chi connectivity index (χ0v) is 12.2. The molecule has 2 aliphatic rings. The molecule has 0 saturated heterocycles. The van der Waals surface area contributed by atoms with Gasteiger partial charge < -0.3 is 4.42 Å². The van der Waals surface area contributed by atoms with Crippen molar-refractivity contribution in [1.29, 1.82) is 0 Å². The summed E-state index contributed by atoms with van der Waals surface area (Å²) >= 11 is 0. The molecule has 0 spiro atoms. The number of hydrogen-bond donors (Lipinski definition) is 0. The second-order valence-electron chi connectivity index (χ2n) is 6.44. The van der Waals surface area contributed by atoms with Crippen LogP contribution in [0, 0.1) is 17.8 Å². The Kier molecular flexibility index (Phi) is 2.81. The van der Waals surface area contributed by atoms with Crippen LogP contribution in [0.3, 0.4) is 0 Å². The van der Waals surface area contributed by atoms with Gasteiger partial charge in [-0.2, -0.15) is 0 Å². The number of rotatable bonds is 3. The molecule has 21 heavy (non-hydrogen) atoms. The quantitative estimate of drug-likeness (QED) is 0.813. The largest absolute Gasteiger partial charge is 0.419 e. The van der Waals surface area contributed by atoms with Gasteiger partial charge in [-0.05, 0) is 56.2 Å². The van der Waals surface area contributed by atoms with E-state index in [1.807, 2.05) is 19.1 Å². The first-order valence-electron chi connectivity index (χ1n) is 7.85. The maximum atomic E-state index is 12.7. The highest BCUT2D eigenvalue weighted by molar-refractivity contribution is 6.00. The van der Waals surface area contributed by atoms with Crippen LogP contribution in [0.5, 0.6) is 0 Å². The fourth-order valence-electron chi connectivity index (χ4n) is 4.30. The highest BCUT2D eigenvalue weighted by atomic mass is 16.4. The monoisotopic (exact) mass is 285 g/mol. The molecule has 2 bridgehead atoms. The Morgan fingerprint density at radius 1 is 1.33 bits per heavy atom. The Labute approximate surface area is 122 Å². The zero-order valence-electron chi connectivity index (χ0n) is 12.2. The normalized spacial score (nSPS) is 27.6. The SMILES string of the molecule is CCn1c(=O)oc2cc(C(=O)C3CC4CCC3C4)ccc21. The Bertz CT molecular complexity index is 770. The Hall–Kier alpha value is -1.84. The van der Waals surface area contributed by atoms with Gasteiger partial charge in [0.1, 0.15) is 0 Å². The van der Waals surface area contributed by atoms with E-state index in [-0.39, 0.29) is 17.5 Å². The fourth-order valence-corrected chi connectivity index (χ4v) is 4.30. The van der Waals surface area contributed by atoms with Gasteiger partial charge in [0.05, 0.1) is 5.52 Å². The summed E-state index contributed by atoms with van der Waals surface area (Å²) in [5.74, 6) is 1.39. The van der Waals surface area contributed by atoms with E-state index in [4.69, 9.17) is 4.42 Å². The molecule has 2 fully saturated rings. The molecule has 1 heterocycles. The molecule has 2 saturated carbocycles. The van der Waals surface area contributed by atoms with Crippen molar-refractivity contribution in [3.8, 4) is 0 Å². The maximum absolute atomic E-state index is 12.7. The number of carbonyl (C=O) groups excluding carboxylic acids is 1. The van der Waals surface area contributed by atoms with Gasteiger partial charge >= 0.3 is 5.76 Å². The number of carbonyl (C=O) groups is 1. The highest BCUT2D eigenvalue weighted by Gasteiger charge is 2.43. The van der Waals surface area contributed by atoms with Crippen molar-refractivity contribution in [2.24, 2.45) is 17.8 Å². The molecule has 1 aromatic carbocycles. The smallest absolute Gasteiger partial charge is 0.408 e. The van der Waals surface area contributed by atoms with Crippen LogP contribution < -0.4 is 5.76 Å². The molecule has 1 aromatic heterocycles. The molecule has 3 unspecified atom stereocenters. The first-order chi connectivity index (χ1) is 10.2. The van der Waals surface area contributed by atoms with E-state index in [9.17, 15) is 9.59 Å². The number of aryl methyl sites for hydroxylation is 1. The second-order valence-corrected chi connectivity index (χ2v) is 6.44. The summed E-state index contributed by atoms with van der Waals surface area (Å²) in [6, 6.07) is 5.43. The molecule has 0 radical (unpaired) electrons. The number of hydrogen-bond acceptors (Lipinski definition) is 3. The average Bonchev–Trinajstić information content (AvgIpc) is 3.18. The third-order valence-corrected chi connectivity index (χ3v) is 5.34. The van der Waals surface area contributed by atoms with Crippen molar-refractivity contribution in [3.05, 3.63) is 34.3 Å². The summed E-state index contributed by atoms with van der Waals surface area (Å²) in [4.78, 5) is 24.4. The van der Waals surface area contributed by atoms with Gasteiger partial charge in [0.2, 0.25) is 0 Å². The van der Waals surface area contributed by atoms with Crippen molar-refractivity contribution in [1.82, 2.24) is 4.57 Å². The molecule has 2 aromatic rings. The number of oxazole rings is 1. The Balaban J connectivity index is 1.71. The van der Waals surface area contributed by atoms with Crippen LogP contribution in [-0.2, 0) is 6.54 Å². The van der Waals surface area contributed by atoms with Crippen molar-refractivity contribution in [2.75, 3.05) is 0 Å². The summed E-state index contributed by atoms with van der Waals surface area (Å²) in [5.41, 5.74) is 1.99. The number of nitrogens with zero attached hydrogens (tertiary/aromatic N) is 1. The summed E-state index contributed by atoms with van der Waals surface area (Å²) in [6.45, 7) is 2.48. The van der Waals surface area contributed by atoms with Crippen molar-refractivity contribution in [2.45, 2.75) is 39.2 Å². The van der Waals surface area contributed by atoms with Crippen LogP contribution in [0.2, 0.25) is 0 Å². The van der Waals surface area contributed by atoms with Crippen molar-refractivity contribution < 1.29 is 9.21 Å². The number of ketones is 1. The van der Waals surface area contributed by atoms with Gasteiger partial charge in [-0.1, -0.05) is 6.42 Å². The molecule has 0 aliphatic heterocycles. The molecular weight excluding hydrogens is 266 g/mol. The predicted molar refractivity (Wildman–Crippen MR) is 79.4 cm³/mol. The van der Waals surface area contributed by atoms with Gasteiger partial charge in [0, 0.05) is 18.0 Å². The lowest BCUT2D eigenvalue weighted by Gasteiger charge is -2.20. The average molecular weight is 285 g/mol. The fraction of sp³-hybridized carbons (Fsp3) is 0.529. The van der Waals surface area contributed by atoms with Crippen LogP contribution in [-0.4, -0.2) is 10.4 Å². The van der Waals surface area contributed by atoms with Crippen molar-refractivity contribution in [3.63, 3.8) is 0 Å². The van der Waals surface area contributed by atoms with E-state index in [1.54, 1.807) is 10.6 Å². The van der Waals surface area contributed by atoms with Crippen LogP contribution in [0.15, 0.2) is 27.4 Å². The number of aromatic nitrogens is 1. The van der Waals surface area contributed by atoms with Crippen LogP contribution >= 0.6 is 0 Å².